The van der Waals surface area contributed by atoms with E-state index in [1.165, 1.54) is 0 Å². The summed E-state index contributed by atoms with van der Waals surface area (Å²) in [6.07, 6.45) is 1.06. The number of nitrogens with zero attached hydrogens (tertiary/aromatic N) is 4. The van der Waals surface area contributed by atoms with Crippen molar-refractivity contribution in [3.05, 3.63) is 59.4 Å². The van der Waals surface area contributed by atoms with Gasteiger partial charge < -0.3 is 18.9 Å². The van der Waals surface area contributed by atoms with Crippen molar-refractivity contribution in [2.75, 3.05) is 27.3 Å². The molecule has 4 rings (SSSR count). The summed E-state index contributed by atoms with van der Waals surface area (Å²) < 4.78 is 16.0. The maximum Gasteiger partial charge on any atom is 0.257 e. The molecule has 31 heavy (non-hydrogen) atoms. The SMILES string of the molecule is COc1ccc(CCN2CC(c3noc(-c4cccc(C#N)c4)n3)CC2=O)cc1OC. The van der Waals surface area contributed by atoms with Crippen LogP contribution in [0.1, 0.15) is 29.3 Å². The number of amides is 1. The number of carbonyl (C=O) groups excluding carboxylic acids is 1. The second-order valence-electron chi connectivity index (χ2n) is 7.33. The van der Waals surface area contributed by atoms with Gasteiger partial charge in [-0.05, 0) is 42.3 Å². The summed E-state index contributed by atoms with van der Waals surface area (Å²) in [5, 5.41) is 13.1. The molecule has 1 atom stereocenters. The molecule has 1 aliphatic rings. The second-order valence-corrected chi connectivity index (χ2v) is 7.33. The van der Waals surface area contributed by atoms with Crippen LogP contribution in [0, 0.1) is 11.3 Å². The molecule has 0 N–H and O–H groups in total. The zero-order valence-corrected chi connectivity index (χ0v) is 17.4. The van der Waals surface area contributed by atoms with Crippen LogP contribution in [0.3, 0.4) is 0 Å². The van der Waals surface area contributed by atoms with Crippen molar-refractivity contribution < 1.29 is 18.8 Å². The van der Waals surface area contributed by atoms with E-state index in [1.807, 2.05) is 29.2 Å². The Kier molecular flexibility index (Phi) is 5.85. The van der Waals surface area contributed by atoms with Crippen LogP contribution >= 0.6 is 0 Å². The Balaban J connectivity index is 1.41. The van der Waals surface area contributed by atoms with Gasteiger partial charge in [-0.25, -0.2) is 0 Å². The minimum atomic E-state index is -0.116. The minimum Gasteiger partial charge on any atom is -0.493 e. The van der Waals surface area contributed by atoms with Crippen LogP contribution in [0.2, 0.25) is 0 Å². The Hall–Kier alpha value is -3.86. The molecular weight excluding hydrogens is 396 g/mol. The van der Waals surface area contributed by atoms with Gasteiger partial charge in [0.1, 0.15) is 0 Å². The topological polar surface area (TPSA) is 101 Å². The van der Waals surface area contributed by atoms with Gasteiger partial charge in [0, 0.05) is 31.0 Å². The van der Waals surface area contributed by atoms with E-state index in [0.29, 0.717) is 60.3 Å². The molecule has 1 aliphatic heterocycles. The van der Waals surface area contributed by atoms with Crippen molar-refractivity contribution in [1.82, 2.24) is 15.0 Å². The summed E-state index contributed by atoms with van der Waals surface area (Å²) in [4.78, 5) is 18.8. The number of hydrogen-bond acceptors (Lipinski definition) is 7. The number of ether oxygens (including phenoxy) is 2. The molecule has 2 heterocycles. The fourth-order valence-corrected chi connectivity index (χ4v) is 3.70. The van der Waals surface area contributed by atoms with Gasteiger partial charge in [0.25, 0.3) is 5.89 Å². The lowest BCUT2D eigenvalue weighted by Gasteiger charge is -2.16. The van der Waals surface area contributed by atoms with E-state index < -0.39 is 0 Å². The van der Waals surface area contributed by atoms with Gasteiger partial charge >= 0.3 is 0 Å². The fourth-order valence-electron chi connectivity index (χ4n) is 3.70. The molecular formula is C23H22N4O4. The van der Waals surface area contributed by atoms with Crippen LogP contribution in [0.5, 0.6) is 11.5 Å². The molecule has 0 aliphatic carbocycles. The number of hydrogen-bond donors (Lipinski definition) is 0. The third-order valence-corrected chi connectivity index (χ3v) is 5.38. The highest BCUT2D eigenvalue weighted by Crippen LogP contribution is 2.30. The van der Waals surface area contributed by atoms with Gasteiger partial charge in [-0.1, -0.05) is 17.3 Å². The predicted octanol–water partition coefficient (Wildman–Crippen LogP) is 3.18. The van der Waals surface area contributed by atoms with E-state index in [1.54, 1.807) is 32.4 Å². The van der Waals surface area contributed by atoms with Crippen molar-refractivity contribution in [2.24, 2.45) is 0 Å². The number of likely N-dealkylation sites (tertiary alicyclic amines) is 1. The zero-order chi connectivity index (χ0) is 21.8. The van der Waals surface area contributed by atoms with Gasteiger partial charge in [0.05, 0.1) is 25.9 Å². The Morgan fingerprint density at radius 2 is 2.03 bits per heavy atom. The molecule has 1 aromatic heterocycles. The highest BCUT2D eigenvalue weighted by atomic mass is 16.5. The first-order valence-electron chi connectivity index (χ1n) is 9.94. The highest BCUT2D eigenvalue weighted by Gasteiger charge is 2.33. The van der Waals surface area contributed by atoms with Crippen molar-refractivity contribution in [3.63, 3.8) is 0 Å². The largest absolute Gasteiger partial charge is 0.493 e. The van der Waals surface area contributed by atoms with E-state index >= 15 is 0 Å². The van der Waals surface area contributed by atoms with Crippen molar-refractivity contribution in [2.45, 2.75) is 18.8 Å². The fraction of sp³-hybridized carbons (Fsp3) is 0.304. The summed E-state index contributed by atoms with van der Waals surface area (Å²) in [5.74, 6) is 2.17. The summed E-state index contributed by atoms with van der Waals surface area (Å²) in [6, 6.07) is 14.9. The third kappa shape index (κ3) is 4.36. The number of nitriles is 1. The summed E-state index contributed by atoms with van der Waals surface area (Å²) >= 11 is 0. The average molecular weight is 418 g/mol. The van der Waals surface area contributed by atoms with E-state index in [-0.39, 0.29) is 11.8 Å². The quantitative estimate of drug-likeness (QED) is 0.581. The minimum absolute atomic E-state index is 0.0725. The first-order valence-corrected chi connectivity index (χ1v) is 9.94. The number of rotatable bonds is 7. The number of methoxy groups -OCH3 is 2. The molecule has 158 valence electrons. The zero-order valence-electron chi connectivity index (χ0n) is 17.4. The molecule has 0 radical (unpaired) electrons. The van der Waals surface area contributed by atoms with Crippen molar-refractivity contribution in [1.29, 1.82) is 5.26 Å². The van der Waals surface area contributed by atoms with Gasteiger partial charge in [-0.2, -0.15) is 10.2 Å². The average Bonchev–Trinajstić information content (AvgIpc) is 3.44. The van der Waals surface area contributed by atoms with Crippen LogP contribution in [0.25, 0.3) is 11.5 Å². The lowest BCUT2D eigenvalue weighted by molar-refractivity contribution is -0.127. The van der Waals surface area contributed by atoms with Crippen molar-refractivity contribution in [3.8, 4) is 29.0 Å². The van der Waals surface area contributed by atoms with E-state index in [2.05, 4.69) is 16.2 Å². The Bertz CT molecular complexity index is 1130. The van der Waals surface area contributed by atoms with Gasteiger partial charge in [0.15, 0.2) is 17.3 Å². The number of carbonyl (C=O) groups is 1. The Morgan fingerprint density at radius 3 is 2.81 bits per heavy atom. The lowest BCUT2D eigenvalue weighted by atomic mass is 10.1. The lowest BCUT2D eigenvalue weighted by Crippen LogP contribution is -2.27. The van der Waals surface area contributed by atoms with E-state index in [4.69, 9.17) is 19.3 Å². The predicted molar refractivity (Wildman–Crippen MR) is 112 cm³/mol. The number of aromatic nitrogens is 2. The van der Waals surface area contributed by atoms with Gasteiger partial charge in [-0.15, -0.1) is 0 Å². The first kappa shape index (κ1) is 20.4. The van der Waals surface area contributed by atoms with Gasteiger partial charge in [0.2, 0.25) is 5.91 Å². The third-order valence-electron chi connectivity index (χ3n) is 5.38. The molecule has 3 aromatic rings. The summed E-state index contributed by atoms with van der Waals surface area (Å²) in [7, 11) is 3.20. The van der Waals surface area contributed by atoms with Crippen LogP contribution in [0.15, 0.2) is 47.0 Å². The Morgan fingerprint density at radius 1 is 1.19 bits per heavy atom. The van der Waals surface area contributed by atoms with Crippen LogP contribution in [-0.4, -0.2) is 48.3 Å². The smallest absolute Gasteiger partial charge is 0.257 e. The molecule has 1 unspecified atom stereocenters. The van der Waals surface area contributed by atoms with Crippen molar-refractivity contribution >= 4 is 5.91 Å². The second kappa shape index (κ2) is 8.88. The van der Waals surface area contributed by atoms with Gasteiger partial charge in [-0.3, -0.25) is 4.79 Å². The molecule has 0 saturated carbocycles. The van der Waals surface area contributed by atoms with Crippen LogP contribution in [0.4, 0.5) is 0 Å². The normalized spacial score (nSPS) is 15.7. The van der Waals surface area contributed by atoms with Crippen LogP contribution < -0.4 is 9.47 Å². The monoisotopic (exact) mass is 418 g/mol. The number of benzene rings is 2. The highest BCUT2D eigenvalue weighted by molar-refractivity contribution is 5.79. The van der Waals surface area contributed by atoms with E-state index in [0.717, 1.165) is 5.56 Å². The Labute approximate surface area is 180 Å². The molecule has 8 nitrogen and oxygen atoms in total. The molecule has 1 fully saturated rings. The molecule has 1 amide bonds. The first-order chi connectivity index (χ1) is 15.1. The molecule has 2 aromatic carbocycles. The summed E-state index contributed by atoms with van der Waals surface area (Å²) in [5.41, 5.74) is 2.27. The van der Waals surface area contributed by atoms with E-state index in [9.17, 15) is 4.79 Å². The maximum atomic E-state index is 12.5. The molecule has 1 saturated heterocycles. The summed E-state index contributed by atoms with van der Waals surface area (Å²) in [6.45, 7) is 1.14. The standard InChI is InChI=1S/C23H22N4O4/c1-29-19-7-6-15(11-20(19)30-2)8-9-27-14-18(12-21(27)28)22-25-23(31-26-22)17-5-3-4-16(10-17)13-24/h3-7,10-11,18H,8-9,12,14H2,1-2H3. The molecule has 0 bridgehead atoms. The molecule has 8 heteroatoms. The van der Waals surface area contributed by atoms with Crippen LogP contribution in [-0.2, 0) is 11.2 Å². The molecule has 0 spiro atoms. The maximum absolute atomic E-state index is 12.5.